The third-order valence-electron chi connectivity index (χ3n) is 4.80. The second-order valence-corrected chi connectivity index (χ2v) is 8.46. The van der Waals surface area contributed by atoms with E-state index in [1.807, 2.05) is 23.1 Å². The summed E-state index contributed by atoms with van der Waals surface area (Å²) in [5.74, 6) is 0.177. The highest BCUT2D eigenvalue weighted by atomic mass is 32.2. The van der Waals surface area contributed by atoms with Crippen molar-refractivity contribution in [3.8, 4) is 0 Å². The minimum atomic E-state index is -3.14. The van der Waals surface area contributed by atoms with E-state index >= 15 is 0 Å². The number of hydrogen-bond donors (Lipinski definition) is 1. The molecule has 0 unspecified atom stereocenters. The van der Waals surface area contributed by atoms with Crippen LogP contribution in [0.2, 0.25) is 0 Å². The zero-order valence-electron chi connectivity index (χ0n) is 14.1. The molecule has 2 aliphatic heterocycles. The van der Waals surface area contributed by atoms with Gasteiger partial charge in [0.05, 0.1) is 6.26 Å². The molecule has 132 valence electrons. The van der Waals surface area contributed by atoms with Crippen molar-refractivity contribution >= 4 is 21.6 Å². The van der Waals surface area contributed by atoms with Crippen molar-refractivity contribution in [1.82, 2.24) is 9.62 Å². The number of piperidine rings is 1. The van der Waals surface area contributed by atoms with Crippen molar-refractivity contribution in [2.45, 2.75) is 31.7 Å². The van der Waals surface area contributed by atoms with Crippen LogP contribution in [-0.4, -0.2) is 57.7 Å². The second kappa shape index (κ2) is 7.21. The molecule has 2 aliphatic rings. The van der Waals surface area contributed by atoms with E-state index in [1.54, 1.807) is 0 Å². The van der Waals surface area contributed by atoms with Crippen molar-refractivity contribution in [2.24, 2.45) is 0 Å². The third-order valence-corrected chi connectivity index (χ3v) is 5.56. The van der Waals surface area contributed by atoms with Gasteiger partial charge in [0.2, 0.25) is 15.9 Å². The van der Waals surface area contributed by atoms with E-state index in [0.29, 0.717) is 6.42 Å². The van der Waals surface area contributed by atoms with E-state index in [9.17, 15) is 13.2 Å². The van der Waals surface area contributed by atoms with Gasteiger partial charge in [-0.3, -0.25) is 4.79 Å². The molecule has 0 spiro atoms. The van der Waals surface area contributed by atoms with Gasteiger partial charge in [0.1, 0.15) is 0 Å². The first kappa shape index (κ1) is 17.4. The van der Waals surface area contributed by atoms with E-state index in [2.05, 4.69) is 15.7 Å². The van der Waals surface area contributed by atoms with Crippen LogP contribution in [0.4, 0.5) is 5.69 Å². The molecular formula is C17H25N3O3S. The number of likely N-dealkylation sites (tertiary alicyclic amines) is 1. The Bertz CT molecular complexity index is 697. The fraction of sp³-hybridized carbons (Fsp3) is 0.588. The summed E-state index contributed by atoms with van der Waals surface area (Å²) in [5, 5.41) is 0. The van der Waals surface area contributed by atoms with Gasteiger partial charge in [0.25, 0.3) is 0 Å². The summed E-state index contributed by atoms with van der Waals surface area (Å²) in [5.41, 5.74) is 2.30. The molecule has 0 bridgehead atoms. The minimum absolute atomic E-state index is 0.0254. The average Bonchev–Trinajstić information content (AvgIpc) is 2.96. The molecule has 1 saturated heterocycles. The number of sulfonamides is 1. The van der Waals surface area contributed by atoms with E-state index in [0.717, 1.165) is 51.1 Å². The quantitative estimate of drug-likeness (QED) is 0.859. The van der Waals surface area contributed by atoms with Crippen LogP contribution in [0, 0.1) is 0 Å². The van der Waals surface area contributed by atoms with Gasteiger partial charge in [0, 0.05) is 31.2 Å². The number of nitrogens with zero attached hydrogens (tertiary/aromatic N) is 2. The van der Waals surface area contributed by atoms with E-state index in [1.165, 1.54) is 11.8 Å². The normalized spacial score (nSPS) is 19.5. The van der Waals surface area contributed by atoms with Crippen LogP contribution in [-0.2, 0) is 21.2 Å². The highest BCUT2D eigenvalue weighted by molar-refractivity contribution is 7.88. The first-order valence-electron chi connectivity index (χ1n) is 8.50. The van der Waals surface area contributed by atoms with Crippen molar-refractivity contribution in [1.29, 1.82) is 0 Å². The predicted molar refractivity (Wildman–Crippen MR) is 94.6 cm³/mol. The van der Waals surface area contributed by atoms with Gasteiger partial charge in [-0.15, -0.1) is 0 Å². The Morgan fingerprint density at radius 2 is 1.92 bits per heavy atom. The number of amides is 1. The van der Waals surface area contributed by atoms with Gasteiger partial charge in [0.15, 0.2) is 0 Å². The highest BCUT2D eigenvalue weighted by Gasteiger charge is 2.26. The molecule has 6 nitrogen and oxygen atoms in total. The van der Waals surface area contributed by atoms with Crippen LogP contribution in [0.15, 0.2) is 24.3 Å². The van der Waals surface area contributed by atoms with Gasteiger partial charge in [-0.1, -0.05) is 18.2 Å². The fourth-order valence-corrected chi connectivity index (χ4v) is 4.40. The molecule has 1 aromatic rings. The van der Waals surface area contributed by atoms with Crippen molar-refractivity contribution < 1.29 is 13.2 Å². The van der Waals surface area contributed by atoms with E-state index in [4.69, 9.17) is 0 Å². The lowest BCUT2D eigenvalue weighted by Crippen LogP contribution is -2.45. The second-order valence-electron chi connectivity index (χ2n) is 6.68. The number of benzene rings is 1. The Morgan fingerprint density at radius 1 is 1.21 bits per heavy atom. The first-order chi connectivity index (χ1) is 11.4. The Balaban J connectivity index is 1.45. The number of nitrogens with one attached hydrogen (secondary N) is 1. The Hall–Kier alpha value is -1.44. The van der Waals surface area contributed by atoms with Crippen LogP contribution in [0.3, 0.4) is 0 Å². The molecule has 0 aromatic heterocycles. The fourth-order valence-electron chi connectivity index (χ4n) is 3.56. The zero-order valence-corrected chi connectivity index (χ0v) is 14.9. The van der Waals surface area contributed by atoms with Gasteiger partial charge in [-0.05, 0) is 44.0 Å². The van der Waals surface area contributed by atoms with Gasteiger partial charge < -0.3 is 9.80 Å². The number of rotatable bonds is 5. The lowest BCUT2D eigenvalue weighted by atomic mass is 10.1. The Labute approximate surface area is 143 Å². The molecule has 3 rings (SSSR count). The summed E-state index contributed by atoms with van der Waals surface area (Å²) in [6.45, 7) is 3.18. The Morgan fingerprint density at radius 3 is 2.62 bits per heavy atom. The van der Waals surface area contributed by atoms with Gasteiger partial charge >= 0.3 is 0 Å². The monoisotopic (exact) mass is 351 g/mol. The van der Waals surface area contributed by atoms with Crippen LogP contribution in [0.1, 0.15) is 24.8 Å². The predicted octanol–water partition coefficient (Wildman–Crippen LogP) is 0.979. The number of carbonyl (C=O) groups excluding carboxylic acids is 1. The molecule has 0 aliphatic carbocycles. The number of carbonyl (C=O) groups is 1. The molecule has 0 saturated carbocycles. The van der Waals surface area contributed by atoms with Crippen LogP contribution < -0.4 is 9.62 Å². The summed E-state index contributed by atoms with van der Waals surface area (Å²) in [6.07, 6.45) is 4.25. The maximum absolute atomic E-state index is 12.5. The van der Waals surface area contributed by atoms with E-state index in [-0.39, 0.29) is 11.9 Å². The number of anilines is 1. The molecule has 0 atom stereocenters. The van der Waals surface area contributed by atoms with E-state index < -0.39 is 10.0 Å². The highest BCUT2D eigenvalue weighted by Crippen LogP contribution is 2.27. The Kier molecular flexibility index (Phi) is 5.22. The summed E-state index contributed by atoms with van der Waals surface area (Å²) >= 11 is 0. The molecule has 7 heteroatoms. The standard InChI is InChI=1S/C17H25N3O3S/c1-24(22,23)18-15-7-10-19(11-8-15)12-9-17(21)20-13-6-14-4-2-3-5-16(14)20/h2-5,15,18H,6-13H2,1H3. The average molecular weight is 351 g/mol. The lowest BCUT2D eigenvalue weighted by Gasteiger charge is -2.32. The molecule has 24 heavy (non-hydrogen) atoms. The van der Waals surface area contributed by atoms with Crippen LogP contribution >= 0.6 is 0 Å². The van der Waals surface area contributed by atoms with Crippen molar-refractivity contribution in [3.63, 3.8) is 0 Å². The van der Waals surface area contributed by atoms with Gasteiger partial charge in [-0.2, -0.15) is 0 Å². The summed E-state index contributed by atoms with van der Waals surface area (Å²) in [6, 6.07) is 8.12. The summed E-state index contributed by atoms with van der Waals surface area (Å²) in [4.78, 5) is 16.7. The van der Waals surface area contributed by atoms with Gasteiger partial charge in [-0.25, -0.2) is 13.1 Å². The lowest BCUT2D eigenvalue weighted by molar-refractivity contribution is -0.118. The maximum atomic E-state index is 12.5. The third kappa shape index (κ3) is 4.34. The zero-order chi connectivity index (χ0) is 17.2. The molecular weight excluding hydrogens is 326 g/mol. The molecule has 1 amide bonds. The van der Waals surface area contributed by atoms with Crippen LogP contribution in [0.5, 0.6) is 0 Å². The summed E-state index contributed by atoms with van der Waals surface area (Å²) < 4.78 is 25.2. The van der Waals surface area contributed by atoms with Crippen molar-refractivity contribution in [2.75, 3.05) is 37.3 Å². The van der Waals surface area contributed by atoms with Crippen LogP contribution in [0.25, 0.3) is 0 Å². The molecule has 2 heterocycles. The van der Waals surface area contributed by atoms with Crippen molar-refractivity contribution in [3.05, 3.63) is 29.8 Å². The first-order valence-corrected chi connectivity index (χ1v) is 10.4. The minimum Gasteiger partial charge on any atom is -0.312 e. The maximum Gasteiger partial charge on any atom is 0.228 e. The number of para-hydroxylation sites is 1. The molecule has 1 fully saturated rings. The number of hydrogen-bond acceptors (Lipinski definition) is 4. The molecule has 0 radical (unpaired) electrons. The molecule has 1 N–H and O–H groups in total. The topological polar surface area (TPSA) is 69.7 Å². The SMILES string of the molecule is CS(=O)(=O)NC1CCN(CCC(=O)N2CCc3ccccc32)CC1. The number of fused-ring (bicyclic) bond motifs is 1. The largest absolute Gasteiger partial charge is 0.312 e. The molecule has 1 aromatic carbocycles. The summed E-state index contributed by atoms with van der Waals surface area (Å²) in [7, 11) is -3.14. The smallest absolute Gasteiger partial charge is 0.228 e.